The van der Waals surface area contributed by atoms with E-state index < -0.39 is 0 Å². The van der Waals surface area contributed by atoms with E-state index in [1.807, 2.05) is 13.0 Å². The lowest BCUT2D eigenvalue weighted by molar-refractivity contribution is 0.102. The number of carbonyl (C=O) groups excluding carboxylic acids is 1. The molecule has 5 nitrogen and oxygen atoms in total. The number of halogens is 1. The molecule has 0 radical (unpaired) electrons. The second kappa shape index (κ2) is 5.67. The second-order valence-electron chi connectivity index (χ2n) is 3.98. The molecule has 19 heavy (non-hydrogen) atoms. The van der Waals surface area contributed by atoms with Crippen LogP contribution in [0.1, 0.15) is 16.1 Å². The van der Waals surface area contributed by atoms with E-state index in [0.717, 1.165) is 5.56 Å². The van der Waals surface area contributed by atoms with Crippen molar-refractivity contribution < 1.29 is 4.79 Å². The molecule has 1 amide bonds. The SMILES string of the molecule is CNc1ccc(Cl)c(C(=O)Nc2cncc(C)c2)n1. The molecule has 0 fully saturated rings. The first kappa shape index (κ1) is 13.3. The summed E-state index contributed by atoms with van der Waals surface area (Å²) in [5.41, 5.74) is 1.74. The van der Waals surface area contributed by atoms with Crippen molar-refractivity contribution in [3.8, 4) is 0 Å². The van der Waals surface area contributed by atoms with Crippen molar-refractivity contribution in [3.63, 3.8) is 0 Å². The minimum absolute atomic E-state index is 0.176. The maximum Gasteiger partial charge on any atom is 0.275 e. The lowest BCUT2D eigenvalue weighted by Crippen LogP contribution is -2.15. The van der Waals surface area contributed by atoms with Gasteiger partial charge < -0.3 is 10.6 Å². The number of anilines is 2. The van der Waals surface area contributed by atoms with Gasteiger partial charge in [-0.05, 0) is 30.7 Å². The zero-order valence-corrected chi connectivity index (χ0v) is 11.3. The van der Waals surface area contributed by atoms with E-state index in [1.165, 1.54) is 0 Å². The molecule has 0 atom stereocenters. The van der Waals surface area contributed by atoms with Crippen molar-refractivity contribution in [1.82, 2.24) is 9.97 Å². The Balaban J connectivity index is 2.25. The normalized spacial score (nSPS) is 10.1. The fourth-order valence-electron chi connectivity index (χ4n) is 1.55. The molecule has 0 aliphatic carbocycles. The molecule has 6 heteroatoms. The van der Waals surface area contributed by atoms with E-state index >= 15 is 0 Å². The van der Waals surface area contributed by atoms with Gasteiger partial charge in [-0.3, -0.25) is 9.78 Å². The minimum Gasteiger partial charge on any atom is -0.373 e. The summed E-state index contributed by atoms with van der Waals surface area (Å²) in [5.74, 6) is 0.214. The van der Waals surface area contributed by atoms with Gasteiger partial charge in [-0.25, -0.2) is 4.98 Å². The standard InChI is InChI=1S/C13H13ClN4O/c1-8-5-9(7-16-6-8)17-13(19)12-10(14)3-4-11(15-2)18-12/h3-7H,1-2H3,(H,15,18)(H,17,19). The first-order valence-electron chi connectivity index (χ1n) is 5.67. The topological polar surface area (TPSA) is 66.9 Å². The van der Waals surface area contributed by atoms with E-state index in [1.54, 1.807) is 31.6 Å². The van der Waals surface area contributed by atoms with Crippen molar-refractivity contribution in [2.75, 3.05) is 17.7 Å². The summed E-state index contributed by atoms with van der Waals surface area (Å²) in [7, 11) is 1.72. The molecule has 2 aromatic rings. The highest BCUT2D eigenvalue weighted by molar-refractivity contribution is 6.34. The van der Waals surface area contributed by atoms with Crippen LogP contribution < -0.4 is 10.6 Å². The van der Waals surface area contributed by atoms with Gasteiger partial charge in [-0.1, -0.05) is 11.6 Å². The van der Waals surface area contributed by atoms with Gasteiger partial charge in [0.1, 0.15) is 11.5 Å². The Morgan fingerprint density at radius 2 is 2.11 bits per heavy atom. The Bertz CT molecular complexity index is 615. The molecule has 2 aromatic heterocycles. The predicted octanol–water partition coefficient (Wildman–Crippen LogP) is 2.73. The van der Waals surface area contributed by atoms with Gasteiger partial charge >= 0.3 is 0 Å². The quantitative estimate of drug-likeness (QED) is 0.905. The number of nitrogens with one attached hydrogen (secondary N) is 2. The maximum atomic E-state index is 12.1. The molecular weight excluding hydrogens is 264 g/mol. The summed E-state index contributed by atoms with van der Waals surface area (Å²) < 4.78 is 0. The van der Waals surface area contributed by atoms with Gasteiger partial charge in [-0.15, -0.1) is 0 Å². The molecule has 0 aromatic carbocycles. The number of amides is 1. The van der Waals surface area contributed by atoms with Crippen LogP contribution >= 0.6 is 11.6 Å². The number of rotatable bonds is 3. The van der Waals surface area contributed by atoms with E-state index in [4.69, 9.17) is 11.6 Å². The Hall–Kier alpha value is -2.14. The first-order chi connectivity index (χ1) is 9.10. The maximum absolute atomic E-state index is 12.1. The third-order valence-electron chi connectivity index (χ3n) is 2.45. The summed E-state index contributed by atoms with van der Waals surface area (Å²) in [4.78, 5) is 20.2. The molecule has 0 unspecified atom stereocenters. The zero-order chi connectivity index (χ0) is 13.8. The summed E-state index contributed by atoms with van der Waals surface area (Å²) in [5, 5.41) is 5.88. The van der Waals surface area contributed by atoms with Crippen molar-refractivity contribution in [3.05, 3.63) is 46.9 Å². The number of carbonyl (C=O) groups is 1. The van der Waals surface area contributed by atoms with Crippen LogP contribution in [0.15, 0.2) is 30.6 Å². The number of pyridine rings is 2. The summed E-state index contributed by atoms with van der Waals surface area (Å²) in [6.07, 6.45) is 3.28. The molecule has 2 rings (SSSR count). The average Bonchev–Trinajstić information content (AvgIpc) is 2.39. The van der Waals surface area contributed by atoms with Crippen LogP contribution in [-0.4, -0.2) is 22.9 Å². The van der Waals surface area contributed by atoms with Gasteiger partial charge in [0, 0.05) is 13.2 Å². The summed E-state index contributed by atoms with van der Waals surface area (Å²) >= 11 is 5.98. The monoisotopic (exact) mass is 276 g/mol. The van der Waals surface area contributed by atoms with Gasteiger partial charge in [-0.2, -0.15) is 0 Å². The third-order valence-corrected chi connectivity index (χ3v) is 2.76. The van der Waals surface area contributed by atoms with Gasteiger partial charge in [0.05, 0.1) is 16.9 Å². The zero-order valence-electron chi connectivity index (χ0n) is 10.6. The Labute approximate surface area is 116 Å². The Morgan fingerprint density at radius 1 is 1.32 bits per heavy atom. The highest BCUT2D eigenvalue weighted by Crippen LogP contribution is 2.18. The molecular formula is C13H13ClN4O. The summed E-state index contributed by atoms with van der Waals surface area (Å²) in [6.45, 7) is 1.90. The van der Waals surface area contributed by atoms with Gasteiger partial charge in [0.25, 0.3) is 5.91 Å². The minimum atomic E-state index is -0.366. The number of aryl methyl sites for hydroxylation is 1. The molecule has 0 saturated heterocycles. The second-order valence-corrected chi connectivity index (χ2v) is 4.39. The van der Waals surface area contributed by atoms with Crippen LogP contribution in [0, 0.1) is 6.92 Å². The lowest BCUT2D eigenvalue weighted by atomic mass is 10.2. The van der Waals surface area contributed by atoms with Gasteiger partial charge in [0.2, 0.25) is 0 Å². The predicted molar refractivity (Wildman–Crippen MR) is 75.7 cm³/mol. The molecule has 0 spiro atoms. The number of nitrogens with zero attached hydrogens (tertiary/aromatic N) is 2. The van der Waals surface area contributed by atoms with Crippen LogP contribution in [0.25, 0.3) is 0 Å². The molecule has 98 valence electrons. The molecule has 2 N–H and O–H groups in total. The molecule has 0 aliphatic rings. The smallest absolute Gasteiger partial charge is 0.275 e. The fraction of sp³-hybridized carbons (Fsp3) is 0.154. The van der Waals surface area contributed by atoms with Gasteiger partial charge in [0.15, 0.2) is 0 Å². The molecule has 0 saturated carbocycles. The number of hydrogen-bond donors (Lipinski definition) is 2. The van der Waals surface area contributed by atoms with Crippen molar-refractivity contribution in [2.24, 2.45) is 0 Å². The van der Waals surface area contributed by atoms with Crippen molar-refractivity contribution >= 4 is 29.0 Å². The van der Waals surface area contributed by atoms with Crippen LogP contribution in [0.4, 0.5) is 11.5 Å². The Morgan fingerprint density at radius 3 is 2.79 bits per heavy atom. The summed E-state index contributed by atoms with van der Waals surface area (Å²) in [6, 6.07) is 5.15. The van der Waals surface area contributed by atoms with Crippen molar-refractivity contribution in [1.29, 1.82) is 0 Å². The molecule has 2 heterocycles. The number of hydrogen-bond acceptors (Lipinski definition) is 4. The lowest BCUT2D eigenvalue weighted by Gasteiger charge is -2.08. The average molecular weight is 277 g/mol. The van der Waals surface area contributed by atoms with E-state index in [-0.39, 0.29) is 11.6 Å². The van der Waals surface area contributed by atoms with Crippen LogP contribution in [0.2, 0.25) is 5.02 Å². The van der Waals surface area contributed by atoms with E-state index in [2.05, 4.69) is 20.6 Å². The van der Waals surface area contributed by atoms with E-state index in [0.29, 0.717) is 16.5 Å². The third kappa shape index (κ3) is 3.20. The van der Waals surface area contributed by atoms with Crippen LogP contribution in [0.5, 0.6) is 0 Å². The van der Waals surface area contributed by atoms with Crippen molar-refractivity contribution in [2.45, 2.75) is 6.92 Å². The van der Waals surface area contributed by atoms with E-state index in [9.17, 15) is 4.79 Å². The van der Waals surface area contributed by atoms with Crippen LogP contribution in [-0.2, 0) is 0 Å². The number of aromatic nitrogens is 2. The Kier molecular flexibility index (Phi) is 3.97. The molecule has 0 aliphatic heterocycles. The molecule has 0 bridgehead atoms. The highest BCUT2D eigenvalue weighted by atomic mass is 35.5. The fourth-order valence-corrected chi connectivity index (χ4v) is 1.75. The first-order valence-corrected chi connectivity index (χ1v) is 6.05. The van der Waals surface area contributed by atoms with Crippen LogP contribution in [0.3, 0.4) is 0 Å². The largest absolute Gasteiger partial charge is 0.373 e. The highest BCUT2D eigenvalue weighted by Gasteiger charge is 2.13.